The third kappa shape index (κ3) is 4.69. The Morgan fingerprint density at radius 3 is 2.47 bits per heavy atom. The Kier molecular flexibility index (Phi) is 5.43. The summed E-state index contributed by atoms with van der Waals surface area (Å²) in [7, 11) is 0. The Hall–Kier alpha value is -1.32. The van der Waals surface area contributed by atoms with Gasteiger partial charge in [-0.3, -0.25) is 0 Å². The van der Waals surface area contributed by atoms with Crippen LogP contribution in [0, 0.1) is 12.8 Å². The number of hydrogen-bond donors (Lipinski definition) is 2. The zero-order chi connectivity index (χ0) is 13.5. The smallest absolute Gasteiger partial charge is 0.131 e. The zero-order valence-corrected chi connectivity index (χ0v) is 12.2. The van der Waals surface area contributed by atoms with E-state index in [2.05, 4.69) is 27.5 Å². The maximum Gasteiger partial charge on any atom is 0.131 e. The molecule has 0 aromatic carbocycles. The molecule has 19 heavy (non-hydrogen) atoms. The Morgan fingerprint density at radius 2 is 1.79 bits per heavy atom. The minimum absolute atomic E-state index is 0.816. The summed E-state index contributed by atoms with van der Waals surface area (Å²) >= 11 is 0. The molecular formula is C15H26N4. The molecule has 0 amide bonds. The van der Waals surface area contributed by atoms with Crippen molar-refractivity contribution >= 4 is 11.6 Å². The molecule has 1 fully saturated rings. The highest BCUT2D eigenvalue weighted by molar-refractivity contribution is 5.47. The van der Waals surface area contributed by atoms with E-state index in [9.17, 15) is 0 Å². The molecule has 1 aliphatic rings. The van der Waals surface area contributed by atoms with Crippen molar-refractivity contribution < 1.29 is 0 Å². The van der Waals surface area contributed by atoms with E-state index in [1.54, 1.807) is 0 Å². The number of nitrogens with one attached hydrogen (secondary N) is 2. The molecule has 0 bridgehead atoms. The molecule has 106 valence electrons. The standard InChI is InChI=1S/C15H26N4/c1-3-9-16-14-10-15(19-12(2)18-14)17-11-13-7-5-4-6-8-13/h10,13H,3-9,11H2,1-2H3,(H2,16,17,18,19). The second-order valence-corrected chi connectivity index (χ2v) is 5.50. The molecule has 1 saturated carbocycles. The molecule has 0 aliphatic heterocycles. The van der Waals surface area contributed by atoms with Crippen LogP contribution in [0.1, 0.15) is 51.3 Å². The second-order valence-electron chi connectivity index (χ2n) is 5.50. The molecule has 1 aromatic rings. The molecule has 0 radical (unpaired) electrons. The fourth-order valence-electron chi connectivity index (χ4n) is 2.64. The van der Waals surface area contributed by atoms with Crippen molar-refractivity contribution in [3.8, 4) is 0 Å². The van der Waals surface area contributed by atoms with Crippen LogP contribution in [0.2, 0.25) is 0 Å². The third-order valence-corrected chi connectivity index (χ3v) is 3.69. The first kappa shape index (κ1) is 14.1. The summed E-state index contributed by atoms with van der Waals surface area (Å²) in [5.41, 5.74) is 0. The van der Waals surface area contributed by atoms with Crippen LogP contribution in [0.25, 0.3) is 0 Å². The van der Waals surface area contributed by atoms with Gasteiger partial charge in [-0.15, -0.1) is 0 Å². The van der Waals surface area contributed by atoms with E-state index in [1.165, 1.54) is 32.1 Å². The van der Waals surface area contributed by atoms with Crippen LogP contribution >= 0.6 is 0 Å². The second kappa shape index (κ2) is 7.31. The zero-order valence-electron chi connectivity index (χ0n) is 12.2. The first-order valence-corrected chi connectivity index (χ1v) is 7.61. The highest BCUT2D eigenvalue weighted by Crippen LogP contribution is 2.24. The van der Waals surface area contributed by atoms with E-state index < -0.39 is 0 Å². The van der Waals surface area contributed by atoms with Gasteiger partial charge in [0.2, 0.25) is 0 Å². The van der Waals surface area contributed by atoms with Gasteiger partial charge in [-0.1, -0.05) is 26.2 Å². The topological polar surface area (TPSA) is 49.8 Å². The SMILES string of the molecule is CCCNc1cc(NCC2CCCCC2)nc(C)n1. The van der Waals surface area contributed by atoms with Crippen molar-refractivity contribution in [3.63, 3.8) is 0 Å². The first-order valence-electron chi connectivity index (χ1n) is 7.61. The Bertz CT molecular complexity index is 386. The van der Waals surface area contributed by atoms with Crippen LogP contribution in [0.4, 0.5) is 11.6 Å². The van der Waals surface area contributed by atoms with Crippen LogP contribution in [-0.2, 0) is 0 Å². The van der Waals surface area contributed by atoms with Crippen LogP contribution in [0.5, 0.6) is 0 Å². The molecule has 0 unspecified atom stereocenters. The van der Waals surface area contributed by atoms with Gasteiger partial charge in [-0.2, -0.15) is 0 Å². The number of aryl methyl sites for hydroxylation is 1. The molecular weight excluding hydrogens is 236 g/mol. The van der Waals surface area contributed by atoms with Gasteiger partial charge in [0.15, 0.2) is 0 Å². The summed E-state index contributed by atoms with van der Waals surface area (Å²) in [6, 6.07) is 2.02. The predicted octanol–water partition coefficient (Wildman–Crippen LogP) is 3.60. The highest BCUT2D eigenvalue weighted by Gasteiger charge is 2.13. The van der Waals surface area contributed by atoms with Gasteiger partial charge >= 0.3 is 0 Å². The average Bonchev–Trinajstić information content (AvgIpc) is 2.43. The van der Waals surface area contributed by atoms with Gasteiger partial charge in [-0.25, -0.2) is 9.97 Å². The molecule has 0 spiro atoms. The lowest BCUT2D eigenvalue weighted by atomic mass is 9.89. The number of nitrogens with zero attached hydrogens (tertiary/aromatic N) is 2. The number of anilines is 2. The molecule has 0 atom stereocenters. The van der Waals surface area contributed by atoms with E-state index in [0.717, 1.165) is 42.9 Å². The number of aromatic nitrogens is 2. The monoisotopic (exact) mass is 262 g/mol. The van der Waals surface area contributed by atoms with Gasteiger partial charge in [0.25, 0.3) is 0 Å². The first-order chi connectivity index (χ1) is 9.28. The van der Waals surface area contributed by atoms with Crippen molar-refractivity contribution in [1.82, 2.24) is 9.97 Å². The van der Waals surface area contributed by atoms with Crippen molar-refractivity contribution in [3.05, 3.63) is 11.9 Å². The van der Waals surface area contributed by atoms with Gasteiger partial charge in [0.1, 0.15) is 17.5 Å². The van der Waals surface area contributed by atoms with Crippen LogP contribution < -0.4 is 10.6 Å². The fourth-order valence-corrected chi connectivity index (χ4v) is 2.64. The lowest BCUT2D eigenvalue weighted by Crippen LogP contribution is -2.18. The minimum Gasteiger partial charge on any atom is -0.370 e. The van der Waals surface area contributed by atoms with E-state index >= 15 is 0 Å². The van der Waals surface area contributed by atoms with Crippen molar-refractivity contribution in [2.24, 2.45) is 5.92 Å². The van der Waals surface area contributed by atoms with E-state index in [1.807, 2.05) is 13.0 Å². The quantitative estimate of drug-likeness (QED) is 0.822. The number of hydrogen-bond acceptors (Lipinski definition) is 4. The van der Waals surface area contributed by atoms with Crippen LogP contribution in [0.3, 0.4) is 0 Å². The number of rotatable bonds is 6. The molecule has 2 N–H and O–H groups in total. The molecule has 1 aliphatic carbocycles. The largest absolute Gasteiger partial charge is 0.370 e. The molecule has 1 heterocycles. The van der Waals surface area contributed by atoms with E-state index in [0.29, 0.717) is 0 Å². The summed E-state index contributed by atoms with van der Waals surface area (Å²) in [5, 5.41) is 6.80. The van der Waals surface area contributed by atoms with Crippen LogP contribution in [-0.4, -0.2) is 23.1 Å². The molecule has 0 saturated heterocycles. The van der Waals surface area contributed by atoms with Crippen molar-refractivity contribution in [2.45, 2.75) is 52.4 Å². The summed E-state index contributed by atoms with van der Waals surface area (Å²) in [6.45, 7) is 6.11. The Labute approximate surface area is 116 Å². The van der Waals surface area contributed by atoms with Gasteiger partial charge in [-0.05, 0) is 32.1 Å². The predicted molar refractivity (Wildman–Crippen MR) is 80.6 cm³/mol. The lowest BCUT2D eigenvalue weighted by molar-refractivity contribution is 0.373. The molecule has 2 rings (SSSR count). The molecule has 1 aromatic heterocycles. The third-order valence-electron chi connectivity index (χ3n) is 3.69. The Balaban J connectivity index is 1.89. The van der Waals surface area contributed by atoms with Gasteiger partial charge in [0, 0.05) is 19.2 Å². The van der Waals surface area contributed by atoms with Crippen molar-refractivity contribution in [2.75, 3.05) is 23.7 Å². The minimum atomic E-state index is 0.816. The van der Waals surface area contributed by atoms with Gasteiger partial charge < -0.3 is 10.6 Å². The maximum atomic E-state index is 4.46. The van der Waals surface area contributed by atoms with E-state index in [4.69, 9.17) is 0 Å². The normalized spacial score (nSPS) is 16.3. The summed E-state index contributed by atoms with van der Waals surface area (Å²) < 4.78 is 0. The molecule has 4 heteroatoms. The van der Waals surface area contributed by atoms with Gasteiger partial charge in [0.05, 0.1) is 0 Å². The molecule has 4 nitrogen and oxygen atoms in total. The fraction of sp³-hybridized carbons (Fsp3) is 0.733. The maximum absolute atomic E-state index is 4.46. The average molecular weight is 262 g/mol. The van der Waals surface area contributed by atoms with Crippen molar-refractivity contribution in [1.29, 1.82) is 0 Å². The van der Waals surface area contributed by atoms with Crippen LogP contribution in [0.15, 0.2) is 6.07 Å². The Morgan fingerprint density at radius 1 is 1.11 bits per heavy atom. The summed E-state index contributed by atoms with van der Waals surface area (Å²) in [4.78, 5) is 8.87. The highest BCUT2D eigenvalue weighted by atomic mass is 15.1. The van der Waals surface area contributed by atoms with E-state index in [-0.39, 0.29) is 0 Å². The lowest BCUT2D eigenvalue weighted by Gasteiger charge is -2.22. The summed E-state index contributed by atoms with van der Waals surface area (Å²) in [6.07, 6.45) is 8.01. The summed E-state index contributed by atoms with van der Waals surface area (Å²) in [5.74, 6) is 3.53.